The van der Waals surface area contributed by atoms with Crippen molar-refractivity contribution in [1.82, 2.24) is 20.2 Å². The molecule has 1 aromatic heterocycles. The van der Waals surface area contributed by atoms with Crippen LogP contribution in [0.2, 0.25) is 0 Å². The van der Waals surface area contributed by atoms with Crippen molar-refractivity contribution < 1.29 is 4.79 Å². The smallest absolute Gasteiger partial charge is 0.237 e. The zero-order chi connectivity index (χ0) is 20.3. The Bertz CT molecular complexity index is 965. The number of hydrogen-bond acceptors (Lipinski definition) is 5. The Morgan fingerprint density at radius 2 is 1.79 bits per heavy atom. The normalized spacial score (nSPS) is 12.2. The summed E-state index contributed by atoms with van der Waals surface area (Å²) >= 11 is 1.33. The maximum absolute atomic E-state index is 12.7. The fourth-order valence-corrected chi connectivity index (χ4v) is 3.54. The van der Waals surface area contributed by atoms with Crippen molar-refractivity contribution in [3.8, 4) is 5.69 Å². The molecule has 0 bridgehead atoms. The summed E-state index contributed by atoms with van der Waals surface area (Å²) in [6, 6.07) is 14.2. The first kappa shape index (κ1) is 20.1. The van der Waals surface area contributed by atoms with Crippen LogP contribution in [0.3, 0.4) is 0 Å². The number of thioether (sulfide) groups is 1. The first-order valence-electron chi connectivity index (χ1n) is 9.28. The van der Waals surface area contributed by atoms with Crippen molar-refractivity contribution in [3.63, 3.8) is 0 Å². The van der Waals surface area contributed by atoms with Gasteiger partial charge in [-0.2, -0.15) is 4.68 Å². The molecule has 146 valence electrons. The van der Waals surface area contributed by atoms with E-state index in [-0.39, 0.29) is 11.2 Å². The quantitative estimate of drug-likeness (QED) is 0.621. The average molecular weight is 396 g/mol. The standard InChI is InChI=1S/C21H25N5OS/c1-13(2)17-8-10-18(11-9-17)26-21(23-24-25-26)28-16(5)20(27)22-19-12-14(3)6-7-15(19)4/h6-13,16H,1-5H3,(H,22,27). The van der Waals surface area contributed by atoms with Gasteiger partial charge in [-0.1, -0.05) is 49.9 Å². The number of aromatic nitrogens is 4. The monoisotopic (exact) mass is 395 g/mol. The molecule has 0 aliphatic heterocycles. The van der Waals surface area contributed by atoms with Crippen LogP contribution in [0, 0.1) is 13.8 Å². The molecule has 3 aromatic rings. The average Bonchev–Trinajstić information content (AvgIpc) is 3.12. The van der Waals surface area contributed by atoms with Crippen molar-refractivity contribution in [3.05, 3.63) is 59.2 Å². The van der Waals surface area contributed by atoms with Crippen LogP contribution >= 0.6 is 11.8 Å². The molecular formula is C21H25N5OS. The van der Waals surface area contributed by atoms with Crippen LogP contribution in [0.25, 0.3) is 5.69 Å². The van der Waals surface area contributed by atoms with Gasteiger partial charge in [0.1, 0.15) is 0 Å². The number of nitrogens with one attached hydrogen (secondary N) is 1. The molecule has 1 amide bonds. The Hall–Kier alpha value is -2.67. The molecule has 1 heterocycles. The number of rotatable bonds is 6. The van der Waals surface area contributed by atoms with E-state index in [1.807, 2.05) is 51.1 Å². The van der Waals surface area contributed by atoms with Crippen molar-refractivity contribution in [2.45, 2.75) is 50.9 Å². The Morgan fingerprint density at radius 3 is 2.46 bits per heavy atom. The molecule has 1 atom stereocenters. The number of anilines is 1. The second-order valence-electron chi connectivity index (χ2n) is 7.19. The highest BCUT2D eigenvalue weighted by Crippen LogP contribution is 2.25. The van der Waals surface area contributed by atoms with Gasteiger partial charge in [-0.15, -0.1) is 5.10 Å². The van der Waals surface area contributed by atoms with E-state index < -0.39 is 0 Å². The molecule has 0 fully saturated rings. The third-order valence-electron chi connectivity index (χ3n) is 4.55. The summed E-state index contributed by atoms with van der Waals surface area (Å²) < 4.78 is 1.66. The number of nitrogens with zero attached hydrogens (tertiary/aromatic N) is 4. The Kier molecular flexibility index (Phi) is 6.14. The summed E-state index contributed by atoms with van der Waals surface area (Å²) in [6.45, 7) is 10.2. The lowest BCUT2D eigenvalue weighted by atomic mass is 10.0. The summed E-state index contributed by atoms with van der Waals surface area (Å²) in [5, 5.41) is 15.2. The summed E-state index contributed by atoms with van der Waals surface area (Å²) in [5.74, 6) is 0.383. The molecule has 0 radical (unpaired) electrons. The largest absolute Gasteiger partial charge is 0.325 e. The summed E-state index contributed by atoms with van der Waals surface area (Å²) in [5.41, 5.74) is 5.11. The minimum atomic E-state index is -0.348. The molecule has 0 aliphatic carbocycles. The Morgan fingerprint density at radius 1 is 1.07 bits per heavy atom. The van der Waals surface area contributed by atoms with Gasteiger partial charge in [0.05, 0.1) is 10.9 Å². The maximum atomic E-state index is 12.7. The number of amides is 1. The van der Waals surface area contributed by atoms with Crippen molar-refractivity contribution in [2.24, 2.45) is 0 Å². The molecule has 0 aliphatic rings. The van der Waals surface area contributed by atoms with Gasteiger partial charge >= 0.3 is 0 Å². The van der Waals surface area contributed by atoms with Crippen LogP contribution < -0.4 is 5.32 Å². The fraction of sp³-hybridized carbons (Fsp3) is 0.333. The van der Waals surface area contributed by atoms with E-state index in [4.69, 9.17) is 0 Å². The van der Waals surface area contributed by atoms with E-state index in [2.05, 4.69) is 46.8 Å². The highest BCUT2D eigenvalue weighted by molar-refractivity contribution is 8.00. The first-order chi connectivity index (χ1) is 13.3. The second-order valence-corrected chi connectivity index (χ2v) is 8.50. The van der Waals surface area contributed by atoms with Crippen molar-refractivity contribution in [2.75, 3.05) is 5.32 Å². The fourth-order valence-electron chi connectivity index (χ4n) is 2.73. The Balaban J connectivity index is 1.72. The molecule has 28 heavy (non-hydrogen) atoms. The van der Waals surface area contributed by atoms with E-state index >= 15 is 0 Å². The highest BCUT2D eigenvalue weighted by Gasteiger charge is 2.20. The summed E-state index contributed by atoms with van der Waals surface area (Å²) in [7, 11) is 0. The lowest BCUT2D eigenvalue weighted by molar-refractivity contribution is -0.115. The third kappa shape index (κ3) is 4.59. The molecule has 0 saturated carbocycles. The van der Waals surface area contributed by atoms with Gasteiger partial charge in [0.2, 0.25) is 11.1 Å². The summed E-state index contributed by atoms with van der Waals surface area (Å²) in [4.78, 5) is 12.7. The number of benzene rings is 2. The van der Waals surface area contributed by atoms with Gasteiger partial charge in [-0.3, -0.25) is 4.79 Å². The first-order valence-corrected chi connectivity index (χ1v) is 10.2. The van der Waals surface area contributed by atoms with Crippen LogP contribution in [0.4, 0.5) is 5.69 Å². The van der Waals surface area contributed by atoms with Crippen molar-refractivity contribution in [1.29, 1.82) is 0 Å². The number of carbonyl (C=O) groups excluding carboxylic acids is 1. The second kappa shape index (κ2) is 8.56. The molecular weight excluding hydrogens is 370 g/mol. The SMILES string of the molecule is Cc1ccc(C)c(NC(=O)C(C)Sc2nnnn2-c2ccc(C(C)C)cc2)c1. The molecule has 1 N–H and O–H groups in total. The van der Waals surface area contributed by atoms with E-state index in [9.17, 15) is 4.79 Å². The number of hydrogen-bond donors (Lipinski definition) is 1. The van der Waals surface area contributed by atoms with Gasteiger partial charge in [0, 0.05) is 5.69 Å². The zero-order valence-corrected chi connectivity index (χ0v) is 17.6. The predicted octanol–water partition coefficient (Wildman–Crippen LogP) is 4.52. The van der Waals surface area contributed by atoms with E-state index in [0.29, 0.717) is 11.1 Å². The van der Waals surface area contributed by atoms with Crippen LogP contribution in [-0.4, -0.2) is 31.4 Å². The van der Waals surface area contributed by atoms with Crippen LogP contribution in [0.1, 0.15) is 43.4 Å². The Labute approximate surface area is 169 Å². The molecule has 1 unspecified atom stereocenters. The van der Waals surface area contributed by atoms with Crippen LogP contribution in [-0.2, 0) is 4.79 Å². The highest BCUT2D eigenvalue weighted by atomic mass is 32.2. The minimum absolute atomic E-state index is 0.0802. The topological polar surface area (TPSA) is 72.7 Å². The van der Waals surface area contributed by atoms with Crippen molar-refractivity contribution >= 4 is 23.4 Å². The molecule has 7 heteroatoms. The maximum Gasteiger partial charge on any atom is 0.237 e. The van der Waals surface area contributed by atoms with E-state index in [0.717, 1.165) is 22.5 Å². The van der Waals surface area contributed by atoms with E-state index in [1.165, 1.54) is 17.3 Å². The van der Waals surface area contributed by atoms with Crippen LogP contribution in [0.15, 0.2) is 47.6 Å². The molecule has 2 aromatic carbocycles. The molecule has 3 rings (SSSR count). The molecule has 6 nitrogen and oxygen atoms in total. The van der Waals surface area contributed by atoms with Crippen LogP contribution in [0.5, 0.6) is 0 Å². The van der Waals surface area contributed by atoms with Gasteiger partial charge < -0.3 is 5.32 Å². The van der Waals surface area contributed by atoms with Gasteiger partial charge in [-0.05, 0) is 72.0 Å². The lowest BCUT2D eigenvalue weighted by Gasteiger charge is -2.14. The zero-order valence-electron chi connectivity index (χ0n) is 16.8. The third-order valence-corrected chi connectivity index (χ3v) is 5.58. The summed E-state index contributed by atoms with van der Waals surface area (Å²) in [6.07, 6.45) is 0. The number of tetrazole rings is 1. The number of aryl methyl sites for hydroxylation is 2. The predicted molar refractivity (Wildman–Crippen MR) is 113 cm³/mol. The number of carbonyl (C=O) groups is 1. The molecule has 0 saturated heterocycles. The van der Waals surface area contributed by atoms with E-state index in [1.54, 1.807) is 4.68 Å². The lowest BCUT2D eigenvalue weighted by Crippen LogP contribution is -2.23. The van der Waals surface area contributed by atoms with Gasteiger partial charge in [0.25, 0.3) is 0 Å². The minimum Gasteiger partial charge on any atom is -0.325 e. The van der Waals surface area contributed by atoms with Gasteiger partial charge in [0.15, 0.2) is 0 Å². The molecule has 0 spiro atoms. The van der Waals surface area contributed by atoms with Gasteiger partial charge in [-0.25, -0.2) is 0 Å².